The van der Waals surface area contributed by atoms with Gasteiger partial charge in [0.25, 0.3) is 0 Å². The highest BCUT2D eigenvalue weighted by Crippen LogP contribution is 2.25. The molecular weight excluding hydrogens is 272 g/mol. The van der Waals surface area contributed by atoms with Gasteiger partial charge in [-0.1, -0.05) is 0 Å². The van der Waals surface area contributed by atoms with Gasteiger partial charge in [0.05, 0.1) is 18.8 Å². The zero-order valence-corrected chi connectivity index (χ0v) is 11.4. The molecule has 2 heterocycles. The Kier molecular flexibility index (Phi) is 4.98. The summed E-state index contributed by atoms with van der Waals surface area (Å²) in [6.45, 7) is 3.18. The van der Waals surface area contributed by atoms with E-state index in [1.807, 2.05) is 0 Å². The van der Waals surface area contributed by atoms with Gasteiger partial charge in [0, 0.05) is 0 Å². The fourth-order valence-corrected chi connectivity index (χ4v) is 2.36. The predicted molar refractivity (Wildman–Crippen MR) is 64.7 cm³/mol. The van der Waals surface area contributed by atoms with Gasteiger partial charge < -0.3 is 39.7 Å². The van der Waals surface area contributed by atoms with Crippen molar-refractivity contribution in [3.05, 3.63) is 0 Å². The Morgan fingerprint density at radius 3 is 2.05 bits per heavy atom. The first kappa shape index (κ1) is 16.1. The van der Waals surface area contributed by atoms with Crippen LogP contribution in [0.1, 0.15) is 13.8 Å². The average Bonchev–Trinajstić information content (AvgIpc) is 2.42. The van der Waals surface area contributed by atoms with Crippen molar-refractivity contribution in [2.75, 3.05) is 6.61 Å². The first-order chi connectivity index (χ1) is 9.32. The molecule has 0 aliphatic carbocycles. The molecule has 2 rings (SSSR count). The second kappa shape index (κ2) is 6.20. The van der Waals surface area contributed by atoms with Gasteiger partial charge in [0.15, 0.2) is 6.29 Å². The van der Waals surface area contributed by atoms with Crippen molar-refractivity contribution in [3.8, 4) is 0 Å². The van der Waals surface area contributed by atoms with Crippen molar-refractivity contribution in [1.29, 1.82) is 0 Å². The maximum atomic E-state index is 9.90. The Morgan fingerprint density at radius 1 is 0.800 bits per heavy atom. The summed E-state index contributed by atoms with van der Waals surface area (Å²) in [7, 11) is 0. The third-order valence-electron chi connectivity index (χ3n) is 3.85. The van der Waals surface area contributed by atoms with E-state index in [1.54, 1.807) is 6.92 Å². The smallest absolute Gasteiger partial charge is 0.187 e. The summed E-state index contributed by atoms with van der Waals surface area (Å²) in [6, 6.07) is 0. The lowest BCUT2D eigenvalue weighted by Gasteiger charge is -2.43. The van der Waals surface area contributed by atoms with Gasteiger partial charge in [-0.3, -0.25) is 0 Å². The first-order valence-electron chi connectivity index (χ1n) is 6.65. The molecule has 0 aromatic rings. The lowest BCUT2D eigenvalue weighted by Crippen LogP contribution is -2.60. The largest absolute Gasteiger partial charge is 0.388 e. The zero-order valence-electron chi connectivity index (χ0n) is 11.4. The lowest BCUT2D eigenvalue weighted by molar-refractivity contribution is -0.325. The molecule has 8 nitrogen and oxygen atoms in total. The topological polar surface area (TPSA) is 129 Å². The standard InChI is InChI=1S/C12H22O8/c1-4-7(13)9(15)6(3-18-4)20-12-11(17)10(16)8(14)5(2)19-12/h4-17H,3H2,1-2H3. The minimum absolute atomic E-state index is 0.0268. The summed E-state index contributed by atoms with van der Waals surface area (Å²) in [6.07, 6.45) is -9.74. The van der Waals surface area contributed by atoms with Gasteiger partial charge in [0.1, 0.15) is 36.6 Å². The monoisotopic (exact) mass is 294 g/mol. The molecule has 0 saturated carbocycles. The maximum absolute atomic E-state index is 9.90. The number of aliphatic hydroxyl groups is 5. The molecule has 2 aliphatic rings. The maximum Gasteiger partial charge on any atom is 0.187 e. The van der Waals surface area contributed by atoms with Crippen LogP contribution in [0.3, 0.4) is 0 Å². The Bertz CT molecular complexity index is 327. The van der Waals surface area contributed by atoms with Crippen molar-refractivity contribution in [3.63, 3.8) is 0 Å². The van der Waals surface area contributed by atoms with Crippen LogP contribution in [0.4, 0.5) is 0 Å². The molecule has 0 aromatic carbocycles. The molecule has 5 N–H and O–H groups in total. The summed E-state index contributed by atoms with van der Waals surface area (Å²) in [4.78, 5) is 0. The number of hydrogen-bond acceptors (Lipinski definition) is 8. The van der Waals surface area contributed by atoms with Crippen molar-refractivity contribution < 1.29 is 39.7 Å². The predicted octanol–water partition coefficient (Wildman–Crippen LogP) is -2.66. The van der Waals surface area contributed by atoms with E-state index in [1.165, 1.54) is 6.92 Å². The average molecular weight is 294 g/mol. The normalized spacial score (nSPS) is 53.9. The van der Waals surface area contributed by atoms with E-state index in [2.05, 4.69) is 0 Å². The number of hydrogen-bond donors (Lipinski definition) is 5. The molecule has 2 fully saturated rings. The number of aliphatic hydroxyl groups excluding tert-OH is 5. The Balaban J connectivity index is 1.99. The number of ether oxygens (including phenoxy) is 3. The Labute approximate surface area is 116 Å². The third-order valence-corrected chi connectivity index (χ3v) is 3.85. The molecule has 118 valence electrons. The summed E-state index contributed by atoms with van der Waals surface area (Å²) >= 11 is 0. The van der Waals surface area contributed by atoms with Crippen LogP contribution in [0.5, 0.6) is 0 Å². The van der Waals surface area contributed by atoms with Crippen LogP contribution in [0.15, 0.2) is 0 Å². The molecule has 20 heavy (non-hydrogen) atoms. The summed E-state index contributed by atoms with van der Waals surface area (Å²) < 4.78 is 15.9. The van der Waals surface area contributed by atoms with Crippen molar-refractivity contribution in [1.82, 2.24) is 0 Å². The van der Waals surface area contributed by atoms with Gasteiger partial charge in [-0.2, -0.15) is 0 Å². The molecule has 8 heteroatoms. The van der Waals surface area contributed by atoms with E-state index in [0.29, 0.717) is 0 Å². The number of rotatable bonds is 2. The highest BCUT2D eigenvalue weighted by Gasteiger charge is 2.45. The van der Waals surface area contributed by atoms with Crippen LogP contribution in [0.25, 0.3) is 0 Å². The van der Waals surface area contributed by atoms with E-state index in [0.717, 1.165) is 0 Å². The minimum atomic E-state index is -1.45. The van der Waals surface area contributed by atoms with Gasteiger partial charge in [-0.05, 0) is 13.8 Å². The fraction of sp³-hybridized carbons (Fsp3) is 1.00. The van der Waals surface area contributed by atoms with Crippen molar-refractivity contribution in [2.45, 2.75) is 69.0 Å². The molecule has 0 amide bonds. The lowest BCUT2D eigenvalue weighted by atomic mass is 9.98. The first-order valence-corrected chi connectivity index (χ1v) is 6.65. The highest BCUT2D eigenvalue weighted by molar-refractivity contribution is 4.90. The van der Waals surface area contributed by atoms with Crippen LogP contribution >= 0.6 is 0 Å². The van der Waals surface area contributed by atoms with Crippen LogP contribution in [-0.4, -0.2) is 87.3 Å². The van der Waals surface area contributed by atoms with Crippen molar-refractivity contribution in [2.24, 2.45) is 0 Å². The molecule has 9 unspecified atom stereocenters. The SMILES string of the molecule is CC1OCC(OC2OC(C)C(O)C(O)C2O)C(O)C1O. The van der Waals surface area contributed by atoms with E-state index < -0.39 is 55.1 Å². The molecule has 0 spiro atoms. The summed E-state index contributed by atoms with van der Waals surface area (Å²) in [5.74, 6) is 0. The Morgan fingerprint density at radius 2 is 1.40 bits per heavy atom. The third kappa shape index (κ3) is 2.97. The fourth-order valence-electron chi connectivity index (χ4n) is 2.36. The molecule has 0 bridgehead atoms. The Hall–Kier alpha value is -0.320. The minimum Gasteiger partial charge on any atom is -0.388 e. The second-order valence-corrected chi connectivity index (χ2v) is 5.38. The quantitative estimate of drug-likeness (QED) is 0.373. The van der Waals surface area contributed by atoms with E-state index in [-0.39, 0.29) is 6.61 Å². The molecule has 9 atom stereocenters. The van der Waals surface area contributed by atoms with Gasteiger partial charge in [0.2, 0.25) is 0 Å². The van der Waals surface area contributed by atoms with Crippen LogP contribution in [0, 0.1) is 0 Å². The summed E-state index contributed by atoms with van der Waals surface area (Å²) in [5, 5.41) is 48.7. The van der Waals surface area contributed by atoms with Crippen LogP contribution in [0.2, 0.25) is 0 Å². The molecular formula is C12H22O8. The van der Waals surface area contributed by atoms with E-state index in [9.17, 15) is 25.5 Å². The van der Waals surface area contributed by atoms with Crippen LogP contribution < -0.4 is 0 Å². The van der Waals surface area contributed by atoms with E-state index >= 15 is 0 Å². The zero-order chi connectivity index (χ0) is 15.0. The van der Waals surface area contributed by atoms with Gasteiger partial charge >= 0.3 is 0 Å². The van der Waals surface area contributed by atoms with Gasteiger partial charge in [-0.15, -0.1) is 0 Å². The molecule has 0 aromatic heterocycles. The molecule has 2 aliphatic heterocycles. The highest BCUT2D eigenvalue weighted by atomic mass is 16.7. The van der Waals surface area contributed by atoms with E-state index in [4.69, 9.17) is 14.2 Å². The van der Waals surface area contributed by atoms with Crippen LogP contribution in [-0.2, 0) is 14.2 Å². The van der Waals surface area contributed by atoms with Gasteiger partial charge in [-0.25, -0.2) is 0 Å². The second-order valence-electron chi connectivity index (χ2n) is 5.38. The summed E-state index contributed by atoms with van der Waals surface area (Å²) in [5.41, 5.74) is 0. The molecule has 0 radical (unpaired) electrons. The molecule has 2 saturated heterocycles. The van der Waals surface area contributed by atoms with Crippen molar-refractivity contribution >= 4 is 0 Å².